The molecule has 2 aromatic rings. The first-order chi connectivity index (χ1) is 9.24. The van der Waals surface area contributed by atoms with Gasteiger partial charge in [0.2, 0.25) is 5.89 Å². The molecule has 0 unspecified atom stereocenters. The lowest BCUT2D eigenvalue weighted by molar-refractivity contribution is 0.124. The van der Waals surface area contributed by atoms with E-state index in [0.717, 1.165) is 56.3 Å². The number of hydrogen-bond acceptors (Lipinski definition) is 5. The lowest BCUT2D eigenvalue weighted by Crippen LogP contribution is -2.45. The fraction of sp³-hybridized carbons (Fsp3) is 0.500. The van der Waals surface area contributed by atoms with Crippen molar-refractivity contribution in [1.29, 1.82) is 0 Å². The minimum absolute atomic E-state index is 0.715. The van der Waals surface area contributed by atoms with Crippen molar-refractivity contribution in [2.45, 2.75) is 13.5 Å². The van der Waals surface area contributed by atoms with E-state index in [2.05, 4.69) is 21.7 Å². The first-order valence-corrected chi connectivity index (χ1v) is 6.84. The van der Waals surface area contributed by atoms with E-state index in [1.54, 1.807) is 0 Å². The molecule has 0 bridgehead atoms. The summed E-state index contributed by atoms with van der Waals surface area (Å²) >= 11 is 0. The molecule has 102 valence electrons. The van der Waals surface area contributed by atoms with Crippen molar-refractivity contribution in [3.05, 3.63) is 24.1 Å². The number of likely N-dealkylation sites (N-methyl/N-ethyl adjacent to an activating group) is 1. The van der Waals surface area contributed by atoms with Gasteiger partial charge in [0.15, 0.2) is 5.58 Å². The third-order valence-electron chi connectivity index (χ3n) is 3.73. The average Bonchev–Trinajstić information content (AvgIpc) is 2.81. The lowest BCUT2D eigenvalue weighted by Gasteiger charge is -2.33. The van der Waals surface area contributed by atoms with Crippen molar-refractivity contribution in [2.75, 3.05) is 38.5 Å². The van der Waals surface area contributed by atoms with Crippen molar-refractivity contribution < 1.29 is 4.42 Å². The van der Waals surface area contributed by atoms with Gasteiger partial charge in [-0.15, -0.1) is 0 Å². The summed E-state index contributed by atoms with van der Waals surface area (Å²) in [5.74, 6) is 0.783. The zero-order valence-electron chi connectivity index (χ0n) is 11.3. The molecule has 0 radical (unpaired) electrons. The Kier molecular flexibility index (Phi) is 3.40. The molecule has 2 heterocycles. The standard InChI is InChI=1S/C14H20N4O/c1-2-17-5-7-18(8-6-17)10-14-16-12-4-3-11(15)9-13(12)19-14/h3-4,9H,2,5-8,10,15H2,1H3. The summed E-state index contributed by atoms with van der Waals surface area (Å²) in [6.45, 7) is 8.54. The molecule has 19 heavy (non-hydrogen) atoms. The number of anilines is 1. The molecular formula is C14H20N4O. The maximum atomic E-state index is 5.76. The quantitative estimate of drug-likeness (QED) is 0.848. The number of rotatable bonds is 3. The van der Waals surface area contributed by atoms with Crippen LogP contribution in [-0.2, 0) is 6.54 Å². The largest absolute Gasteiger partial charge is 0.439 e. The second-order valence-corrected chi connectivity index (χ2v) is 5.05. The second-order valence-electron chi connectivity index (χ2n) is 5.05. The molecule has 0 amide bonds. The third kappa shape index (κ3) is 2.72. The normalized spacial score (nSPS) is 18.2. The van der Waals surface area contributed by atoms with Crippen LogP contribution in [0.5, 0.6) is 0 Å². The molecular weight excluding hydrogens is 240 g/mol. The number of oxazole rings is 1. The molecule has 3 rings (SSSR count). The SMILES string of the molecule is CCN1CCN(Cc2nc3ccc(N)cc3o2)CC1. The van der Waals surface area contributed by atoms with Crippen LogP contribution >= 0.6 is 0 Å². The summed E-state index contributed by atoms with van der Waals surface area (Å²) in [4.78, 5) is 9.36. The summed E-state index contributed by atoms with van der Waals surface area (Å²) < 4.78 is 5.76. The van der Waals surface area contributed by atoms with E-state index in [1.165, 1.54) is 0 Å². The van der Waals surface area contributed by atoms with Crippen LogP contribution in [-0.4, -0.2) is 47.5 Å². The Morgan fingerprint density at radius 1 is 1.21 bits per heavy atom. The molecule has 1 aliphatic rings. The van der Waals surface area contributed by atoms with Crippen molar-refractivity contribution in [3.8, 4) is 0 Å². The van der Waals surface area contributed by atoms with Crippen LogP contribution in [0, 0.1) is 0 Å². The van der Waals surface area contributed by atoms with Gasteiger partial charge in [0.1, 0.15) is 5.52 Å². The molecule has 0 atom stereocenters. The van der Waals surface area contributed by atoms with E-state index in [4.69, 9.17) is 10.2 Å². The summed E-state index contributed by atoms with van der Waals surface area (Å²) in [5, 5.41) is 0. The molecule has 1 fully saturated rings. The Balaban J connectivity index is 1.68. The van der Waals surface area contributed by atoms with E-state index in [9.17, 15) is 0 Å². The van der Waals surface area contributed by atoms with Crippen molar-refractivity contribution >= 4 is 16.8 Å². The predicted octanol–water partition coefficient (Wildman–Crippen LogP) is 1.55. The van der Waals surface area contributed by atoms with Gasteiger partial charge < -0.3 is 15.1 Å². The van der Waals surface area contributed by atoms with E-state index in [0.29, 0.717) is 5.69 Å². The first kappa shape index (κ1) is 12.4. The summed E-state index contributed by atoms with van der Waals surface area (Å²) in [7, 11) is 0. The molecule has 0 spiro atoms. The Morgan fingerprint density at radius 3 is 2.68 bits per heavy atom. The molecule has 1 aromatic carbocycles. The van der Waals surface area contributed by atoms with Gasteiger partial charge in [-0.25, -0.2) is 4.98 Å². The number of nitrogen functional groups attached to an aromatic ring is 1. The fourth-order valence-electron chi connectivity index (χ4n) is 2.51. The van der Waals surface area contributed by atoms with E-state index >= 15 is 0 Å². The monoisotopic (exact) mass is 260 g/mol. The minimum atomic E-state index is 0.715. The van der Waals surface area contributed by atoms with Gasteiger partial charge in [-0.1, -0.05) is 6.92 Å². The van der Waals surface area contributed by atoms with Gasteiger partial charge in [0.25, 0.3) is 0 Å². The summed E-state index contributed by atoms with van der Waals surface area (Å²) in [6.07, 6.45) is 0. The highest BCUT2D eigenvalue weighted by Crippen LogP contribution is 2.19. The Hall–Kier alpha value is -1.59. The summed E-state index contributed by atoms with van der Waals surface area (Å²) in [5.41, 5.74) is 8.12. The number of benzene rings is 1. The number of nitrogens with two attached hydrogens (primary N) is 1. The van der Waals surface area contributed by atoms with Crippen LogP contribution < -0.4 is 5.73 Å². The van der Waals surface area contributed by atoms with Crippen LogP contribution in [0.1, 0.15) is 12.8 Å². The minimum Gasteiger partial charge on any atom is -0.439 e. The fourth-order valence-corrected chi connectivity index (χ4v) is 2.51. The van der Waals surface area contributed by atoms with Gasteiger partial charge in [-0.3, -0.25) is 4.90 Å². The number of hydrogen-bond donors (Lipinski definition) is 1. The molecule has 2 N–H and O–H groups in total. The zero-order valence-corrected chi connectivity index (χ0v) is 11.3. The number of nitrogens with zero attached hydrogens (tertiary/aromatic N) is 3. The Morgan fingerprint density at radius 2 is 1.95 bits per heavy atom. The van der Waals surface area contributed by atoms with Gasteiger partial charge in [-0.2, -0.15) is 0 Å². The van der Waals surface area contributed by atoms with Gasteiger partial charge in [0.05, 0.1) is 6.54 Å². The van der Waals surface area contributed by atoms with Crippen LogP contribution in [0.4, 0.5) is 5.69 Å². The van der Waals surface area contributed by atoms with E-state index in [-0.39, 0.29) is 0 Å². The Labute approximate surface area is 113 Å². The first-order valence-electron chi connectivity index (χ1n) is 6.84. The third-order valence-corrected chi connectivity index (χ3v) is 3.73. The average molecular weight is 260 g/mol. The van der Waals surface area contributed by atoms with Gasteiger partial charge >= 0.3 is 0 Å². The highest BCUT2D eigenvalue weighted by Gasteiger charge is 2.17. The van der Waals surface area contributed by atoms with Crippen molar-refractivity contribution in [3.63, 3.8) is 0 Å². The number of piperazine rings is 1. The van der Waals surface area contributed by atoms with Crippen molar-refractivity contribution in [2.24, 2.45) is 0 Å². The van der Waals surface area contributed by atoms with Gasteiger partial charge in [-0.05, 0) is 18.7 Å². The van der Waals surface area contributed by atoms with Crippen molar-refractivity contribution in [1.82, 2.24) is 14.8 Å². The smallest absolute Gasteiger partial charge is 0.209 e. The molecule has 1 saturated heterocycles. The highest BCUT2D eigenvalue weighted by molar-refractivity contribution is 5.76. The van der Waals surface area contributed by atoms with Crippen LogP contribution in [0.15, 0.2) is 22.6 Å². The molecule has 5 heteroatoms. The molecule has 1 aromatic heterocycles. The maximum Gasteiger partial charge on any atom is 0.209 e. The van der Waals surface area contributed by atoms with Crippen LogP contribution in [0.25, 0.3) is 11.1 Å². The molecule has 0 aliphatic carbocycles. The topological polar surface area (TPSA) is 58.5 Å². The van der Waals surface area contributed by atoms with Gasteiger partial charge in [0, 0.05) is 37.9 Å². The molecule has 0 saturated carbocycles. The van der Waals surface area contributed by atoms with E-state index in [1.807, 2.05) is 18.2 Å². The highest BCUT2D eigenvalue weighted by atomic mass is 16.3. The maximum absolute atomic E-state index is 5.76. The zero-order chi connectivity index (χ0) is 13.2. The second kappa shape index (κ2) is 5.19. The molecule has 5 nitrogen and oxygen atoms in total. The Bertz CT molecular complexity index is 558. The summed E-state index contributed by atoms with van der Waals surface area (Å²) in [6, 6.07) is 5.60. The number of aromatic nitrogens is 1. The molecule has 1 aliphatic heterocycles. The van der Waals surface area contributed by atoms with Crippen LogP contribution in [0.2, 0.25) is 0 Å². The number of fused-ring (bicyclic) bond motifs is 1. The predicted molar refractivity (Wildman–Crippen MR) is 75.8 cm³/mol. The van der Waals surface area contributed by atoms with Crippen LogP contribution in [0.3, 0.4) is 0 Å². The lowest BCUT2D eigenvalue weighted by atomic mass is 10.3. The van der Waals surface area contributed by atoms with E-state index < -0.39 is 0 Å².